The summed E-state index contributed by atoms with van der Waals surface area (Å²) in [5.41, 5.74) is 2.73. The second-order valence-electron chi connectivity index (χ2n) is 6.64. The number of thiophene rings is 1. The van der Waals surface area contributed by atoms with Crippen molar-refractivity contribution in [3.8, 4) is 0 Å². The topological polar surface area (TPSA) is 0 Å². The van der Waals surface area contributed by atoms with Crippen molar-refractivity contribution in [3.63, 3.8) is 0 Å². The van der Waals surface area contributed by atoms with Crippen molar-refractivity contribution in [1.82, 2.24) is 0 Å². The van der Waals surface area contributed by atoms with Gasteiger partial charge < -0.3 is 0 Å². The molecule has 0 radical (unpaired) electrons. The summed E-state index contributed by atoms with van der Waals surface area (Å²) in [6, 6.07) is 13.1. The Morgan fingerprint density at radius 1 is 0.900 bits per heavy atom. The van der Waals surface area contributed by atoms with E-state index in [2.05, 4.69) is 71.0 Å². The van der Waals surface area contributed by atoms with Crippen LogP contribution in [-0.4, -0.2) is 0 Å². The van der Waals surface area contributed by atoms with Crippen LogP contribution in [0.15, 0.2) is 36.4 Å². The lowest BCUT2D eigenvalue weighted by atomic mass is 9.95. The second-order valence-corrected chi connectivity index (χ2v) is 8.19. The Labute approximate surface area is 131 Å². The fraction of sp³-hybridized carbons (Fsp3) is 0.444. The maximum atomic E-state index is 6.64. The van der Waals surface area contributed by atoms with E-state index in [0.717, 1.165) is 0 Å². The average molecular weight is 307 g/mol. The Morgan fingerprint density at radius 3 is 1.90 bits per heavy atom. The Morgan fingerprint density at radius 2 is 1.45 bits per heavy atom. The molecule has 0 bridgehead atoms. The molecule has 0 spiro atoms. The van der Waals surface area contributed by atoms with Gasteiger partial charge in [0, 0.05) is 9.75 Å². The van der Waals surface area contributed by atoms with Gasteiger partial charge in [0.15, 0.2) is 0 Å². The predicted molar refractivity (Wildman–Crippen MR) is 91.2 cm³/mol. The SMILES string of the molecule is CC(C)c1ccc(C(Cl)c2ccc(C(C)(C)C)s2)cc1. The largest absolute Gasteiger partial charge is 0.143 e. The molecule has 2 heteroatoms. The Kier molecular flexibility index (Phi) is 4.61. The number of alkyl halides is 1. The predicted octanol–water partition coefficient (Wildman–Crippen LogP) is 6.50. The van der Waals surface area contributed by atoms with Gasteiger partial charge in [-0.1, -0.05) is 58.9 Å². The van der Waals surface area contributed by atoms with E-state index in [1.165, 1.54) is 20.9 Å². The minimum atomic E-state index is -0.0442. The van der Waals surface area contributed by atoms with Gasteiger partial charge in [-0.05, 0) is 34.6 Å². The highest BCUT2D eigenvalue weighted by Crippen LogP contribution is 2.37. The highest BCUT2D eigenvalue weighted by Gasteiger charge is 2.19. The highest BCUT2D eigenvalue weighted by molar-refractivity contribution is 7.12. The standard InChI is InChI=1S/C18H23ClS/c1-12(2)13-6-8-14(9-7-13)17(19)15-10-11-16(20-15)18(3,4)5/h6-12,17H,1-5H3. The maximum absolute atomic E-state index is 6.64. The lowest BCUT2D eigenvalue weighted by Gasteiger charge is -2.16. The van der Waals surface area contributed by atoms with Crippen LogP contribution in [0.4, 0.5) is 0 Å². The maximum Gasteiger partial charge on any atom is 0.0927 e. The van der Waals surface area contributed by atoms with Gasteiger partial charge >= 0.3 is 0 Å². The first-order valence-electron chi connectivity index (χ1n) is 7.13. The summed E-state index contributed by atoms with van der Waals surface area (Å²) in [6.45, 7) is 11.1. The minimum Gasteiger partial charge on any atom is -0.143 e. The van der Waals surface area contributed by atoms with Crippen molar-refractivity contribution >= 4 is 22.9 Å². The number of hydrogen-bond donors (Lipinski definition) is 0. The van der Waals surface area contributed by atoms with Gasteiger partial charge in [-0.25, -0.2) is 0 Å². The molecule has 0 saturated heterocycles. The zero-order valence-corrected chi connectivity index (χ0v) is 14.5. The van der Waals surface area contributed by atoms with Gasteiger partial charge in [0.1, 0.15) is 0 Å². The van der Waals surface area contributed by atoms with Crippen LogP contribution in [0, 0.1) is 0 Å². The summed E-state index contributed by atoms with van der Waals surface area (Å²) in [4.78, 5) is 2.62. The van der Waals surface area contributed by atoms with Crippen molar-refractivity contribution < 1.29 is 0 Å². The molecule has 1 aromatic carbocycles. The van der Waals surface area contributed by atoms with Crippen LogP contribution in [0.2, 0.25) is 0 Å². The molecule has 1 aromatic heterocycles. The number of rotatable bonds is 3. The third kappa shape index (κ3) is 3.45. The molecule has 0 fully saturated rings. The van der Waals surface area contributed by atoms with Crippen molar-refractivity contribution in [2.24, 2.45) is 0 Å². The van der Waals surface area contributed by atoms with E-state index >= 15 is 0 Å². The van der Waals surface area contributed by atoms with E-state index < -0.39 is 0 Å². The summed E-state index contributed by atoms with van der Waals surface area (Å²) < 4.78 is 0. The van der Waals surface area contributed by atoms with Crippen LogP contribution >= 0.6 is 22.9 Å². The Bertz CT molecular complexity index is 558. The van der Waals surface area contributed by atoms with Gasteiger partial charge in [0.25, 0.3) is 0 Å². The van der Waals surface area contributed by atoms with E-state index in [1.54, 1.807) is 0 Å². The first-order valence-corrected chi connectivity index (χ1v) is 8.38. The number of hydrogen-bond acceptors (Lipinski definition) is 1. The molecule has 1 atom stereocenters. The molecule has 2 rings (SSSR count). The fourth-order valence-corrected chi connectivity index (χ4v) is 3.53. The highest BCUT2D eigenvalue weighted by atomic mass is 35.5. The molecular weight excluding hydrogens is 284 g/mol. The van der Waals surface area contributed by atoms with Crippen LogP contribution < -0.4 is 0 Å². The minimum absolute atomic E-state index is 0.0442. The second kappa shape index (κ2) is 5.91. The van der Waals surface area contributed by atoms with Crippen molar-refractivity contribution in [1.29, 1.82) is 0 Å². The monoisotopic (exact) mass is 306 g/mol. The van der Waals surface area contributed by atoms with Crippen molar-refractivity contribution in [3.05, 3.63) is 57.3 Å². The zero-order valence-electron chi connectivity index (χ0n) is 12.9. The smallest absolute Gasteiger partial charge is 0.0927 e. The van der Waals surface area contributed by atoms with E-state index in [-0.39, 0.29) is 10.8 Å². The van der Waals surface area contributed by atoms with Gasteiger partial charge in [0.05, 0.1) is 5.38 Å². The lowest BCUT2D eigenvalue weighted by Crippen LogP contribution is -2.07. The average Bonchev–Trinajstić information content (AvgIpc) is 2.87. The summed E-state index contributed by atoms with van der Waals surface area (Å²) >= 11 is 8.46. The van der Waals surface area contributed by atoms with Crippen LogP contribution in [-0.2, 0) is 5.41 Å². The molecule has 0 amide bonds. The van der Waals surface area contributed by atoms with Gasteiger partial charge in [-0.2, -0.15) is 0 Å². The molecule has 0 saturated carbocycles. The normalized spacial score (nSPS) is 13.8. The molecular formula is C18H23ClS. The summed E-state index contributed by atoms with van der Waals surface area (Å²) in [6.07, 6.45) is 0. The number of halogens is 1. The molecule has 20 heavy (non-hydrogen) atoms. The Hall–Kier alpha value is -0.790. The molecule has 1 unspecified atom stereocenters. The summed E-state index contributed by atoms with van der Waals surface area (Å²) in [7, 11) is 0. The first-order chi connectivity index (χ1) is 9.29. The van der Waals surface area contributed by atoms with E-state index in [9.17, 15) is 0 Å². The molecule has 0 aliphatic carbocycles. The summed E-state index contributed by atoms with van der Waals surface area (Å²) in [5, 5.41) is -0.0442. The molecule has 108 valence electrons. The first kappa shape index (κ1) is 15.6. The fourth-order valence-electron chi connectivity index (χ4n) is 2.11. The van der Waals surface area contributed by atoms with Crippen LogP contribution in [0.25, 0.3) is 0 Å². The molecule has 2 aromatic rings. The van der Waals surface area contributed by atoms with Crippen LogP contribution in [0.5, 0.6) is 0 Å². The van der Waals surface area contributed by atoms with Crippen LogP contribution in [0.1, 0.15) is 66.8 Å². The van der Waals surface area contributed by atoms with Gasteiger partial charge in [-0.3, -0.25) is 0 Å². The molecule has 0 aliphatic heterocycles. The van der Waals surface area contributed by atoms with Crippen molar-refractivity contribution in [2.75, 3.05) is 0 Å². The number of benzene rings is 1. The van der Waals surface area contributed by atoms with Gasteiger partial charge in [-0.15, -0.1) is 22.9 Å². The van der Waals surface area contributed by atoms with Crippen molar-refractivity contribution in [2.45, 2.75) is 51.3 Å². The van der Waals surface area contributed by atoms with Gasteiger partial charge in [0.2, 0.25) is 0 Å². The van der Waals surface area contributed by atoms with Crippen LogP contribution in [0.3, 0.4) is 0 Å². The summed E-state index contributed by atoms with van der Waals surface area (Å²) in [5.74, 6) is 0.562. The molecule has 0 aliphatic rings. The zero-order chi connectivity index (χ0) is 14.9. The lowest BCUT2D eigenvalue weighted by molar-refractivity contribution is 0.604. The molecule has 1 heterocycles. The molecule has 0 N–H and O–H groups in total. The van der Waals surface area contributed by atoms with E-state index in [0.29, 0.717) is 5.92 Å². The third-order valence-electron chi connectivity index (χ3n) is 3.51. The van der Waals surface area contributed by atoms with E-state index in [1.807, 2.05) is 11.3 Å². The molecule has 0 nitrogen and oxygen atoms in total. The van der Waals surface area contributed by atoms with E-state index in [4.69, 9.17) is 11.6 Å². The Balaban J connectivity index is 2.22. The third-order valence-corrected chi connectivity index (χ3v) is 5.70. The quantitative estimate of drug-likeness (QED) is 0.568.